The third-order valence-corrected chi connectivity index (χ3v) is 5.97. The highest BCUT2D eigenvalue weighted by Gasteiger charge is 2.22. The molecule has 0 aliphatic carbocycles. The molecule has 5 N–H and O–H groups in total. The predicted molar refractivity (Wildman–Crippen MR) is 141 cm³/mol. The topological polar surface area (TPSA) is 116 Å². The van der Waals surface area contributed by atoms with Crippen LogP contribution in [0, 0.1) is 11.6 Å². The molecular weight excluding hydrogens is 500 g/mol. The number of nitrogens with zero attached hydrogens (tertiary/aromatic N) is 1. The molecule has 1 atom stereocenters. The van der Waals surface area contributed by atoms with Crippen molar-refractivity contribution in [1.29, 1.82) is 0 Å². The third-order valence-electron chi connectivity index (χ3n) is 5.72. The van der Waals surface area contributed by atoms with Crippen molar-refractivity contribution in [3.63, 3.8) is 0 Å². The van der Waals surface area contributed by atoms with Crippen molar-refractivity contribution in [3.05, 3.63) is 110 Å². The number of aliphatic imine (C=N–C) groups is 1. The van der Waals surface area contributed by atoms with E-state index >= 15 is 0 Å². The van der Waals surface area contributed by atoms with Gasteiger partial charge in [-0.2, -0.15) is 0 Å². The number of rotatable bonds is 8. The number of fused-ring (bicyclic) bond motifs is 1. The summed E-state index contributed by atoms with van der Waals surface area (Å²) in [5, 5.41) is 3.42. The number of pyridine rings is 1. The Morgan fingerprint density at radius 3 is 2.51 bits per heavy atom. The lowest BCUT2D eigenvalue weighted by Crippen LogP contribution is -2.39. The van der Waals surface area contributed by atoms with Crippen molar-refractivity contribution < 1.29 is 13.6 Å². The van der Waals surface area contributed by atoms with E-state index in [9.17, 15) is 18.4 Å². The fourth-order valence-electron chi connectivity index (χ4n) is 4.09. The minimum atomic E-state index is -0.829. The Morgan fingerprint density at radius 1 is 1.14 bits per heavy atom. The van der Waals surface area contributed by atoms with Crippen molar-refractivity contribution in [2.75, 3.05) is 0 Å². The largest absolute Gasteiger partial charge is 0.397 e. The molecule has 0 saturated heterocycles. The lowest BCUT2D eigenvalue weighted by molar-refractivity contribution is -0.120. The van der Waals surface area contributed by atoms with Gasteiger partial charge in [-0.3, -0.25) is 14.6 Å². The average Bonchev–Trinajstić information content (AvgIpc) is 3.23. The monoisotopic (exact) mass is 523 g/mol. The number of hydrogen-bond acceptors (Lipinski definition) is 4. The summed E-state index contributed by atoms with van der Waals surface area (Å²) in [6.07, 6.45) is 3.11. The minimum absolute atomic E-state index is 0.0199. The maximum Gasteiger partial charge on any atom is 0.248 e. The molecular formula is C27H24ClF2N5O2. The Labute approximate surface area is 216 Å². The van der Waals surface area contributed by atoms with E-state index in [1.54, 1.807) is 43.5 Å². The van der Waals surface area contributed by atoms with E-state index < -0.39 is 23.6 Å². The first-order valence-electron chi connectivity index (χ1n) is 11.4. The highest BCUT2D eigenvalue weighted by molar-refractivity contribution is 6.30. The van der Waals surface area contributed by atoms with Crippen molar-refractivity contribution in [2.45, 2.75) is 25.8 Å². The van der Waals surface area contributed by atoms with E-state index in [0.717, 1.165) is 6.07 Å². The molecule has 0 bridgehead atoms. The molecule has 190 valence electrons. The van der Waals surface area contributed by atoms with Gasteiger partial charge in [0.15, 0.2) is 0 Å². The molecule has 1 unspecified atom stereocenters. The molecule has 1 amide bonds. The van der Waals surface area contributed by atoms with Crippen molar-refractivity contribution >= 4 is 40.5 Å². The van der Waals surface area contributed by atoms with Gasteiger partial charge in [-0.25, -0.2) is 8.78 Å². The van der Waals surface area contributed by atoms with Gasteiger partial charge >= 0.3 is 0 Å². The number of carbonyl (C=O) groups is 1. The number of hydrogen-bond donors (Lipinski definition) is 4. The van der Waals surface area contributed by atoms with E-state index in [1.165, 1.54) is 24.4 Å². The summed E-state index contributed by atoms with van der Waals surface area (Å²) >= 11 is 6.01. The minimum Gasteiger partial charge on any atom is -0.397 e. The molecule has 0 aliphatic heterocycles. The average molecular weight is 524 g/mol. The smallest absolute Gasteiger partial charge is 0.248 e. The molecule has 4 aromatic rings. The number of aromatic nitrogens is 2. The lowest BCUT2D eigenvalue weighted by Gasteiger charge is -2.22. The van der Waals surface area contributed by atoms with Crippen LogP contribution in [0.4, 0.5) is 8.78 Å². The molecule has 2 heterocycles. The van der Waals surface area contributed by atoms with Gasteiger partial charge in [0.2, 0.25) is 11.5 Å². The molecule has 37 heavy (non-hydrogen) atoms. The maximum absolute atomic E-state index is 13.9. The zero-order chi connectivity index (χ0) is 26.5. The van der Waals surface area contributed by atoms with Gasteiger partial charge < -0.3 is 21.0 Å². The fraction of sp³-hybridized carbons (Fsp3) is 0.148. The molecule has 0 aliphatic rings. The Kier molecular flexibility index (Phi) is 7.83. The molecule has 0 spiro atoms. The molecule has 2 aromatic carbocycles. The molecule has 4 rings (SSSR count). The van der Waals surface area contributed by atoms with Gasteiger partial charge in [0, 0.05) is 35.1 Å². The quantitative estimate of drug-likeness (QED) is 0.255. The van der Waals surface area contributed by atoms with Crippen LogP contribution in [0.2, 0.25) is 5.02 Å². The fourth-order valence-corrected chi connectivity index (χ4v) is 4.21. The summed E-state index contributed by atoms with van der Waals surface area (Å²) in [5.74, 6) is -1.88. The molecule has 10 heteroatoms. The summed E-state index contributed by atoms with van der Waals surface area (Å²) in [5.41, 5.74) is 9.47. The van der Waals surface area contributed by atoms with Gasteiger partial charge in [-0.15, -0.1) is 0 Å². The van der Waals surface area contributed by atoms with Crippen LogP contribution >= 0.6 is 11.6 Å². The number of halogens is 3. The van der Waals surface area contributed by atoms with Crippen LogP contribution in [0.5, 0.6) is 0 Å². The lowest BCUT2D eigenvalue weighted by atomic mass is 9.99. The van der Waals surface area contributed by atoms with Crippen molar-refractivity contribution in [1.82, 2.24) is 15.3 Å². The van der Waals surface area contributed by atoms with Crippen molar-refractivity contribution in [3.8, 4) is 0 Å². The molecule has 0 saturated carbocycles. The second-order valence-corrected chi connectivity index (χ2v) is 8.83. The summed E-state index contributed by atoms with van der Waals surface area (Å²) in [6.45, 7) is 1.69. The summed E-state index contributed by atoms with van der Waals surface area (Å²) in [7, 11) is 0. The summed E-state index contributed by atoms with van der Waals surface area (Å²) < 4.78 is 27.9. The molecule has 0 radical (unpaired) electrons. The van der Waals surface area contributed by atoms with E-state index in [2.05, 4.69) is 20.3 Å². The maximum atomic E-state index is 13.9. The number of H-pyrrole nitrogens is 2. The van der Waals surface area contributed by atoms with E-state index in [0.29, 0.717) is 38.4 Å². The number of nitrogens with one attached hydrogen (secondary N) is 3. The van der Waals surface area contributed by atoms with Gasteiger partial charge in [0.1, 0.15) is 11.6 Å². The normalized spacial score (nSPS) is 13.1. The highest BCUT2D eigenvalue weighted by Crippen LogP contribution is 2.23. The second kappa shape index (κ2) is 11.2. The third kappa shape index (κ3) is 6.31. The van der Waals surface area contributed by atoms with Crippen molar-refractivity contribution in [2.24, 2.45) is 10.7 Å². The zero-order valence-corrected chi connectivity index (χ0v) is 20.6. The van der Waals surface area contributed by atoms with Crippen LogP contribution in [0.1, 0.15) is 23.6 Å². The Bertz CT molecular complexity index is 1540. The predicted octanol–water partition coefficient (Wildman–Crippen LogP) is 4.48. The zero-order valence-electron chi connectivity index (χ0n) is 19.8. The van der Waals surface area contributed by atoms with E-state index in [4.69, 9.17) is 17.3 Å². The van der Waals surface area contributed by atoms with Gasteiger partial charge in [0.05, 0.1) is 34.9 Å². The van der Waals surface area contributed by atoms with Crippen LogP contribution in [0.25, 0.3) is 16.7 Å². The first-order chi connectivity index (χ1) is 17.7. The van der Waals surface area contributed by atoms with Crippen LogP contribution in [-0.4, -0.2) is 28.1 Å². The highest BCUT2D eigenvalue weighted by atomic mass is 35.5. The number of benzene rings is 2. The van der Waals surface area contributed by atoms with Crippen LogP contribution in [-0.2, 0) is 17.6 Å². The number of amides is 1. The Morgan fingerprint density at radius 2 is 1.84 bits per heavy atom. The summed E-state index contributed by atoms with van der Waals surface area (Å²) in [4.78, 5) is 35.1. The number of nitrogens with two attached hydrogens (primary N) is 1. The van der Waals surface area contributed by atoms with Crippen LogP contribution in [0.15, 0.2) is 76.3 Å². The molecule has 2 aromatic heterocycles. The first-order valence-corrected chi connectivity index (χ1v) is 11.8. The molecule has 0 fully saturated rings. The van der Waals surface area contributed by atoms with Crippen LogP contribution < -0.4 is 16.6 Å². The molecule has 7 nitrogen and oxygen atoms in total. The number of carbonyl (C=O) groups excluding carboxylic acids is 1. The van der Waals surface area contributed by atoms with Crippen LogP contribution in [0.3, 0.4) is 0 Å². The van der Waals surface area contributed by atoms with E-state index in [-0.39, 0.29) is 24.1 Å². The Balaban J connectivity index is 1.71. The SMILES string of the molecule is CC=N/C(=C(\N)c1ccc(Cl)cc1)C(Cc1cc(F)cc(F)c1)NC(=O)Cc1c[nH]c2ccc(=O)[nH]c12. The van der Waals surface area contributed by atoms with E-state index in [1.807, 2.05) is 0 Å². The number of aromatic amines is 2. The first kappa shape index (κ1) is 25.8. The van der Waals surface area contributed by atoms with Gasteiger partial charge in [-0.05, 0) is 54.8 Å². The second-order valence-electron chi connectivity index (χ2n) is 8.40. The summed E-state index contributed by atoms with van der Waals surface area (Å²) in [6, 6.07) is 12.1. The van der Waals surface area contributed by atoms with Gasteiger partial charge in [-0.1, -0.05) is 23.7 Å². The standard InChI is InChI=1S/C27H24ClF2N5O2/c1-2-32-27(25(31)16-3-5-18(28)6-4-16)22(11-15-9-19(29)13-20(30)10-15)34-24(37)12-17-14-33-21-7-8-23(36)35-26(17)21/h2-10,13-14,22,33H,11-12,31H2,1H3,(H,34,37)(H,35,36)/b27-25-,32-2?. The Hall–Kier alpha value is -4.24. The van der Waals surface area contributed by atoms with Gasteiger partial charge in [0.25, 0.3) is 0 Å².